The molecule has 0 bridgehead atoms. The molecule has 2 heteroatoms. The molecule has 1 aliphatic heterocycles. The molecule has 0 aliphatic carbocycles. The summed E-state index contributed by atoms with van der Waals surface area (Å²) in [6.07, 6.45) is 3.83. The lowest BCUT2D eigenvalue weighted by atomic mass is 10.2. The first-order chi connectivity index (χ1) is 6.36. The maximum absolute atomic E-state index is 11.1. The van der Waals surface area contributed by atoms with Gasteiger partial charge in [0.15, 0.2) is 0 Å². The van der Waals surface area contributed by atoms with Crippen molar-refractivity contribution >= 4 is 19.0 Å². The lowest BCUT2D eigenvalue weighted by Crippen LogP contribution is -2.16. The van der Waals surface area contributed by atoms with Crippen LogP contribution in [0.15, 0.2) is 30.3 Å². The van der Waals surface area contributed by atoms with Gasteiger partial charge in [0.1, 0.15) is 5.78 Å². The average Bonchev–Trinajstić information content (AvgIpc) is 2.20. The molecule has 0 atom stereocenters. The minimum Gasteiger partial charge on any atom is -0.300 e. The van der Waals surface area contributed by atoms with Crippen LogP contribution in [0.4, 0.5) is 0 Å². The Hall–Kier alpha value is -0.680. The van der Waals surface area contributed by atoms with Crippen LogP contribution in [0.3, 0.4) is 0 Å². The van der Waals surface area contributed by atoms with Gasteiger partial charge in [0.2, 0.25) is 0 Å². The Morgan fingerprint density at radius 1 is 1.00 bits per heavy atom. The number of Topliss-reactive ketones (excluding diaryl/α,β-unsaturated/α-hetero) is 1. The summed E-state index contributed by atoms with van der Waals surface area (Å²) >= 11 is 0. The molecule has 0 unspecified atom stereocenters. The number of hydrogen-bond donors (Lipinski definition) is 0. The van der Waals surface area contributed by atoms with Gasteiger partial charge in [-0.15, -0.1) is 0 Å². The summed E-state index contributed by atoms with van der Waals surface area (Å²) in [6.45, 7) is 0. The largest absolute Gasteiger partial charge is 0.300 e. The van der Waals surface area contributed by atoms with Crippen LogP contribution in [-0.4, -0.2) is 18.1 Å². The molecule has 0 saturated carbocycles. The van der Waals surface area contributed by atoms with Crippen molar-refractivity contribution in [2.45, 2.75) is 12.8 Å². The Balaban J connectivity index is 2.07. The predicted molar refractivity (Wildman–Crippen MR) is 57.0 cm³/mol. The van der Waals surface area contributed by atoms with E-state index in [1.165, 1.54) is 5.30 Å². The fraction of sp³-hybridized carbons (Fsp3) is 0.364. The smallest absolute Gasteiger partial charge is 0.133 e. The zero-order valence-corrected chi connectivity index (χ0v) is 8.47. The Bertz CT molecular complexity index is 284. The SMILES string of the molecule is O=C1CCP(c2ccccc2)CC1. The van der Waals surface area contributed by atoms with E-state index in [-0.39, 0.29) is 7.92 Å². The molecule has 1 aromatic rings. The summed E-state index contributed by atoms with van der Waals surface area (Å²) in [7, 11) is -0.0143. The van der Waals surface area contributed by atoms with Crippen LogP contribution in [0, 0.1) is 0 Å². The lowest BCUT2D eigenvalue weighted by molar-refractivity contribution is -0.118. The average molecular weight is 192 g/mol. The highest BCUT2D eigenvalue weighted by molar-refractivity contribution is 7.65. The molecule has 1 aliphatic rings. The quantitative estimate of drug-likeness (QED) is 0.623. The highest BCUT2D eigenvalue weighted by Gasteiger charge is 2.18. The summed E-state index contributed by atoms with van der Waals surface area (Å²) in [4.78, 5) is 11.1. The molecule has 0 N–H and O–H groups in total. The highest BCUT2D eigenvalue weighted by atomic mass is 31.1. The standard InChI is InChI=1S/C11H13OP/c12-10-6-8-13(9-7-10)11-4-2-1-3-5-11/h1-5H,6-9H2. The van der Waals surface area contributed by atoms with Crippen molar-refractivity contribution in [1.29, 1.82) is 0 Å². The predicted octanol–water partition coefficient (Wildman–Crippen LogP) is 2.16. The zero-order chi connectivity index (χ0) is 9.10. The van der Waals surface area contributed by atoms with E-state index in [0.717, 1.165) is 25.2 Å². The van der Waals surface area contributed by atoms with Gasteiger partial charge >= 0.3 is 0 Å². The van der Waals surface area contributed by atoms with E-state index in [1.807, 2.05) is 6.07 Å². The van der Waals surface area contributed by atoms with E-state index in [2.05, 4.69) is 24.3 Å². The van der Waals surface area contributed by atoms with Gasteiger partial charge < -0.3 is 0 Å². The molecular weight excluding hydrogens is 179 g/mol. The second kappa shape index (κ2) is 4.02. The molecule has 1 aromatic carbocycles. The summed E-state index contributed by atoms with van der Waals surface area (Å²) < 4.78 is 0. The first-order valence-electron chi connectivity index (χ1n) is 4.68. The van der Waals surface area contributed by atoms with Crippen LogP contribution in [0.1, 0.15) is 12.8 Å². The number of benzene rings is 1. The summed E-state index contributed by atoms with van der Waals surface area (Å²) in [5.74, 6) is 0.453. The molecule has 0 spiro atoms. The third-order valence-electron chi connectivity index (χ3n) is 2.44. The molecule has 13 heavy (non-hydrogen) atoms. The number of ketones is 1. The van der Waals surface area contributed by atoms with Gasteiger partial charge in [-0.3, -0.25) is 4.79 Å². The summed E-state index contributed by atoms with van der Waals surface area (Å²) in [5, 5.41) is 1.46. The Kier molecular flexibility index (Phi) is 2.75. The van der Waals surface area contributed by atoms with E-state index >= 15 is 0 Å². The Morgan fingerprint density at radius 3 is 2.23 bits per heavy atom. The minimum absolute atomic E-state index is 0.0143. The maximum Gasteiger partial charge on any atom is 0.133 e. The van der Waals surface area contributed by atoms with Crippen molar-refractivity contribution in [1.82, 2.24) is 0 Å². The fourth-order valence-corrected chi connectivity index (χ4v) is 4.03. The molecule has 1 saturated heterocycles. The van der Waals surface area contributed by atoms with E-state index in [1.54, 1.807) is 0 Å². The topological polar surface area (TPSA) is 17.1 Å². The van der Waals surface area contributed by atoms with Gasteiger partial charge in [0, 0.05) is 12.8 Å². The van der Waals surface area contributed by atoms with Crippen LogP contribution < -0.4 is 5.30 Å². The number of rotatable bonds is 1. The number of carbonyl (C=O) groups excluding carboxylic acids is 1. The van der Waals surface area contributed by atoms with Crippen LogP contribution in [0.5, 0.6) is 0 Å². The highest BCUT2D eigenvalue weighted by Crippen LogP contribution is 2.39. The van der Waals surface area contributed by atoms with Gasteiger partial charge in [-0.05, 0) is 17.6 Å². The molecule has 0 amide bonds. The first kappa shape index (κ1) is 8.90. The van der Waals surface area contributed by atoms with Crippen molar-refractivity contribution in [3.8, 4) is 0 Å². The maximum atomic E-state index is 11.1. The van der Waals surface area contributed by atoms with Crippen LogP contribution in [-0.2, 0) is 4.79 Å². The molecule has 68 valence electrons. The molecule has 1 heterocycles. The third kappa shape index (κ3) is 2.16. The summed E-state index contributed by atoms with van der Waals surface area (Å²) in [6, 6.07) is 10.6. The van der Waals surface area contributed by atoms with Gasteiger partial charge in [-0.25, -0.2) is 0 Å². The zero-order valence-electron chi connectivity index (χ0n) is 7.57. The third-order valence-corrected chi connectivity index (χ3v) is 5.00. The van der Waals surface area contributed by atoms with Crippen molar-refractivity contribution in [3.05, 3.63) is 30.3 Å². The minimum atomic E-state index is -0.0143. The summed E-state index contributed by atoms with van der Waals surface area (Å²) in [5.41, 5.74) is 0. The van der Waals surface area contributed by atoms with Crippen molar-refractivity contribution < 1.29 is 4.79 Å². The van der Waals surface area contributed by atoms with Crippen LogP contribution in [0.2, 0.25) is 0 Å². The molecular formula is C11H13OP. The number of hydrogen-bond acceptors (Lipinski definition) is 1. The van der Waals surface area contributed by atoms with Crippen LogP contribution in [0.25, 0.3) is 0 Å². The van der Waals surface area contributed by atoms with Crippen LogP contribution >= 0.6 is 7.92 Å². The second-order valence-electron chi connectivity index (χ2n) is 3.36. The van der Waals surface area contributed by atoms with E-state index < -0.39 is 0 Å². The monoisotopic (exact) mass is 192 g/mol. The normalized spacial score (nSPS) is 18.9. The van der Waals surface area contributed by atoms with E-state index in [0.29, 0.717) is 5.78 Å². The van der Waals surface area contributed by atoms with Crippen molar-refractivity contribution in [2.75, 3.05) is 12.3 Å². The molecule has 1 nitrogen and oxygen atoms in total. The van der Waals surface area contributed by atoms with Crippen molar-refractivity contribution in [2.24, 2.45) is 0 Å². The fourth-order valence-electron chi connectivity index (χ4n) is 1.65. The molecule has 0 aromatic heterocycles. The molecule has 2 rings (SSSR count). The molecule has 0 radical (unpaired) electrons. The Labute approximate surface area is 79.9 Å². The first-order valence-corrected chi connectivity index (χ1v) is 6.39. The second-order valence-corrected chi connectivity index (χ2v) is 5.85. The van der Waals surface area contributed by atoms with Gasteiger partial charge in [-0.2, -0.15) is 0 Å². The van der Waals surface area contributed by atoms with E-state index in [4.69, 9.17) is 0 Å². The van der Waals surface area contributed by atoms with Gasteiger partial charge in [0.25, 0.3) is 0 Å². The van der Waals surface area contributed by atoms with Gasteiger partial charge in [-0.1, -0.05) is 38.3 Å². The van der Waals surface area contributed by atoms with Gasteiger partial charge in [0.05, 0.1) is 0 Å². The van der Waals surface area contributed by atoms with Crippen molar-refractivity contribution in [3.63, 3.8) is 0 Å². The van der Waals surface area contributed by atoms with E-state index in [9.17, 15) is 4.79 Å². The molecule has 1 fully saturated rings. The lowest BCUT2D eigenvalue weighted by Gasteiger charge is -2.21. The number of carbonyl (C=O) groups is 1. The Morgan fingerprint density at radius 2 is 1.62 bits per heavy atom.